The maximum absolute atomic E-state index is 11.7. The van der Waals surface area contributed by atoms with Crippen LogP contribution in [0.5, 0.6) is 0 Å². The average molecular weight is 251 g/mol. The van der Waals surface area contributed by atoms with Gasteiger partial charge in [0.2, 0.25) is 10.0 Å². The molecule has 0 fully saturated rings. The minimum atomic E-state index is -3.28. The van der Waals surface area contributed by atoms with Gasteiger partial charge in [0.25, 0.3) is 0 Å². The summed E-state index contributed by atoms with van der Waals surface area (Å²) in [5.74, 6) is -0.0168. The molecule has 0 saturated heterocycles. The second-order valence-corrected chi connectivity index (χ2v) is 7.96. The van der Waals surface area contributed by atoms with Gasteiger partial charge in [0.1, 0.15) is 0 Å². The van der Waals surface area contributed by atoms with Crippen LogP contribution >= 0.6 is 0 Å². The molecule has 16 heavy (non-hydrogen) atoms. The molecule has 0 aromatic heterocycles. The summed E-state index contributed by atoms with van der Waals surface area (Å²) in [5, 5.41) is 8.62. The lowest BCUT2D eigenvalue weighted by atomic mass is 9.82. The van der Waals surface area contributed by atoms with Gasteiger partial charge >= 0.3 is 0 Å². The van der Waals surface area contributed by atoms with Crippen LogP contribution in [-0.4, -0.2) is 31.4 Å². The van der Waals surface area contributed by atoms with Gasteiger partial charge in [-0.05, 0) is 32.1 Å². The molecule has 0 unspecified atom stereocenters. The zero-order valence-electron chi connectivity index (χ0n) is 11.0. The number of sulfonamides is 1. The molecule has 98 valence electrons. The highest BCUT2D eigenvalue weighted by molar-refractivity contribution is 7.89. The van der Waals surface area contributed by atoms with Crippen LogP contribution in [0.15, 0.2) is 0 Å². The summed E-state index contributed by atoms with van der Waals surface area (Å²) in [5.41, 5.74) is -0.379. The molecule has 0 aliphatic carbocycles. The molecule has 2 N–H and O–H groups in total. The normalized spacial score (nSPS) is 14.1. The van der Waals surface area contributed by atoms with Crippen LogP contribution in [0.3, 0.4) is 0 Å². The summed E-state index contributed by atoms with van der Waals surface area (Å²) in [6, 6.07) is 0. The van der Waals surface area contributed by atoms with Crippen molar-refractivity contribution in [3.8, 4) is 0 Å². The van der Waals surface area contributed by atoms with Crippen LogP contribution in [0, 0.1) is 5.41 Å². The fourth-order valence-corrected chi connectivity index (χ4v) is 3.61. The Morgan fingerprint density at radius 1 is 1.12 bits per heavy atom. The molecule has 0 saturated carbocycles. The molecule has 0 aromatic rings. The Morgan fingerprint density at radius 3 is 2.00 bits per heavy atom. The predicted molar refractivity (Wildman–Crippen MR) is 66.8 cm³/mol. The third-order valence-corrected chi connectivity index (χ3v) is 3.66. The third-order valence-electron chi connectivity index (χ3n) is 1.98. The number of hydrogen-bond acceptors (Lipinski definition) is 3. The van der Waals surface area contributed by atoms with Gasteiger partial charge in [0.05, 0.1) is 5.75 Å². The van der Waals surface area contributed by atoms with Gasteiger partial charge in [0.15, 0.2) is 0 Å². The minimum Gasteiger partial charge on any atom is -0.396 e. The van der Waals surface area contributed by atoms with Crippen LogP contribution in [-0.2, 0) is 10.0 Å². The molecule has 5 heteroatoms. The van der Waals surface area contributed by atoms with Crippen molar-refractivity contribution in [2.75, 3.05) is 12.4 Å². The smallest absolute Gasteiger partial charge is 0.212 e. The molecule has 0 atom stereocenters. The highest BCUT2D eigenvalue weighted by Crippen LogP contribution is 2.27. The number of nitrogens with one attached hydrogen (secondary N) is 1. The van der Waals surface area contributed by atoms with E-state index in [1.165, 1.54) is 0 Å². The van der Waals surface area contributed by atoms with Crippen molar-refractivity contribution in [2.45, 2.75) is 53.0 Å². The van der Waals surface area contributed by atoms with Crippen LogP contribution in [0.2, 0.25) is 0 Å². The molecular formula is C11H25NO3S. The van der Waals surface area contributed by atoms with E-state index in [2.05, 4.69) is 25.5 Å². The van der Waals surface area contributed by atoms with Crippen molar-refractivity contribution < 1.29 is 13.5 Å². The zero-order chi connectivity index (χ0) is 13.0. The molecule has 0 spiro atoms. The lowest BCUT2D eigenvalue weighted by molar-refractivity contribution is 0.268. The van der Waals surface area contributed by atoms with E-state index >= 15 is 0 Å². The third kappa shape index (κ3) is 8.07. The van der Waals surface area contributed by atoms with Gasteiger partial charge in [-0.2, -0.15) is 0 Å². The van der Waals surface area contributed by atoms with E-state index in [0.29, 0.717) is 0 Å². The molecule has 4 nitrogen and oxygen atoms in total. The molecular weight excluding hydrogens is 226 g/mol. The standard InChI is InChI=1S/C11H25NO3S/c1-10(2,3)9-11(4,5)12-16(14,15)8-6-7-13/h12-13H,6-9H2,1-5H3. The van der Waals surface area contributed by atoms with Gasteiger partial charge in [-0.25, -0.2) is 13.1 Å². The zero-order valence-corrected chi connectivity index (χ0v) is 11.8. The lowest BCUT2D eigenvalue weighted by Gasteiger charge is -2.32. The molecule has 0 amide bonds. The number of aliphatic hydroxyl groups excluding tert-OH is 1. The second-order valence-electron chi connectivity index (χ2n) is 6.12. The maximum atomic E-state index is 11.7. The van der Waals surface area contributed by atoms with E-state index in [1.807, 2.05) is 13.8 Å². The van der Waals surface area contributed by atoms with Crippen LogP contribution < -0.4 is 4.72 Å². The number of hydrogen-bond donors (Lipinski definition) is 2. The van der Waals surface area contributed by atoms with Crippen molar-refractivity contribution in [1.82, 2.24) is 4.72 Å². The first-order chi connectivity index (χ1) is 6.97. The fourth-order valence-electron chi connectivity index (χ4n) is 2.09. The highest BCUT2D eigenvalue weighted by atomic mass is 32.2. The van der Waals surface area contributed by atoms with E-state index in [0.717, 1.165) is 6.42 Å². The highest BCUT2D eigenvalue weighted by Gasteiger charge is 2.29. The Balaban J connectivity index is 4.46. The lowest BCUT2D eigenvalue weighted by Crippen LogP contribution is -2.46. The SMILES string of the molecule is CC(C)(C)CC(C)(C)NS(=O)(=O)CCCO. The summed E-state index contributed by atoms with van der Waals surface area (Å²) in [6.07, 6.45) is 1.04. The van der Waals surface area contributed by atoms with Crippen molar-refractivity contribution in [2.24, 2.45) is 5.41 Å². The van der Waals surface area contributed by atoms with E-state index in [4.69, 9.17) is 5.11 Å². The van der Waals surface area contributed by atoms with Crippen LogP contribution in [0.1, 0.15) is 47.5 Å². The van der Waals surface area contributed by atoms with E-state index < -0.39 is 15.6 Å². The Bertz CT molecular complexity index is 302. The Labute approximate surface area is 99.5 Å². The average Bonchev–Trinajstić information content (AvgIpc) is 1.93. The molecule has 0 bridgehead atoms. The van der Waals surface area contributed by atoms with Gasteiger partial charge in [-0.3, -0.25) is 0 Å². The molecule has 0 rings (SSSR count). The Hall–Kier alpha value is -0.130. The van der Waals surface area contributed by atoms with E-state index in [1.54, 1.807) is 0 Å². The first-order valence-electron chi connectivity index (χ1n) is 5.60. The second kappa shape index (κ2) is 5.47. The topological polar surface area (TPSA) is 66.4 Å². The fraction of sp³-hybridized carbons (Fsp3) is 1.00. The van der Waals surface area contributed by atoms with Crippen LogP contribution in [0.25, 0.3) is 0 Å². The summed E-state index contributed by atoms with van der Waals surface area (Å²) in [7, 11) is -3.28. The van der Waals surface area contributed by atoms with Crippen molar-refractivity contribution in [1.29, 1.82) is 0 Å². The molecule has 0 heterocycles. The van der Waals surface area contributed by atoms with E-state index in [-0.39, 0.29) is 24.2 Å². The Morgan fingerprint density at radius 2 is 1.62 bits per heavy atom. The van der Waals surface area contributed by atoms with Crippen molar-refractivity contribution >= 4 is 10.0 Å². The minimum absolute atomic E-state index is 0.0168. The molecule has 0 aliphatic heterocycles. The number of rotatable bonds is 6. The summed E-state index contributed by atoms with van der Waals surface area (Å²) < 4.78 is 26.0. The van der Waals surface area contributed by atoms with Gasteiger partial charge in [-0.1, -0.05) is 20.8 Å². The van der Waals surface area contributed by atoms with Gasteiger partial charge in [0, 0.05) is 12.1 Å². The predicted octanol–water partition coefficient (Wildman–Crippen LogP) is 1.50. The van der Waals surface area contributed by atoms with Crippen LogP contribution in [0.4, 0.5) is 0 Å². The maximum Gasteiger partial charge on any atom is 0.212 e. The Kier molecular flexibility index (Phi) is 5.42. The monoisotopic (exact) mass is 251 g/mol. The molecule has 0 aliphatic rings. The quantitative estimate of drug-likeness (QED) is 0.752. The summed E-state index contributed by atoms with van der Waals surface area (Å²) >= 11 is 0. The summed E-state index contributed by atoms with van der Waals surface area (Å²) in [4.78, 5) is 0. The van der Waals surface area contributed by atoms with Crippen molar-refractivity contribution in [3.05, 3.63) is 0 Å². The largest absolute Gasteiger partial charge is 0.396 e. The van der Waals surface area contributed by atoms with E-state index in [9.17, 15) is 8.42 Å². The van der Waals surface area contributed by atoms with Gasteiger partial charge in [-0.15, -0.1) is 0 Å². The number of aliphatic hydroxyl groups is 1. The summed E-state index contributed by atoms with van der Waals surface area (Å²) in [6.45, 7) is 9.91. The molecule has 0 radical (unpaired) electrons. The molecule has 0 aromatic carbocycles. The van der Waals surface area contributed by atoms with Gasteiger partial charge < -0.3 is 5.11 Å². The van der Waals surface area contributed by atoms with Crippen molar-refractivity contribution in [3.63, 3.8) is 0 Å². The first-order valence-corrected chi connectivity index (χ1v) is 7.25. The first kappa shape index (κ1) is 15.9.